The lowest BCUT2D eigenvalue weighted by Crippen LogP contribution is -2.22. The Bertz CT molecular complexity index is 800. The van der Waals surface area contributed by atoms with E-state index in [9.17, 15) is 8.78 Å². The third-order valence-electron chi connectivity index (χ3n) is 3.58. The minimum Gasteiger partial charge on any atom is -0.469 e. The number of halogens is 2. The maximum absolute atomic E-state index is 13.2. The van der Waals surface area contributed by atoms with Gasteiger partial charge in [-0.15, -0.1) is 0 Å². The van der Waals surface area contributed by atoms with Gasteiger partial charge >= 0.3 is 0 Å². The molecular formula is C18H21F2N5O2. The molecule has 0 amide bonds. The van der Waals surface area contributed by atoms with Crippen molar-refractivity contribution in [1.82, 2.24) is 4.98 Å². The van der Waals surface area contributed by atoms with Gasteiger partial charge in [-0.1, -0.05) is 29.4 Å². The van der Waals surface area contributed by atoms with Crippen molar-refractivity contribution in [2.75, 3.05) is 6.61 Å². The molecule has 0 saturated heterocycles. The molecule has 0 fully saturated rings. The molecular weight excluding hydrogens is 356 g/mol. The predicted molar refractivity (Wildman–Crippen MR) is 98.6 cm³/mol. The van der Waals surface area contributed by atoms with Crippen LogP contribution in [0.3, 0.4) is 0 Å². The molecule has 0 spiro atoms. The number of hydrazone groups is 1. The van der Waals surface area contributed by atoms with E-state index in [-0.39, 0.29) is 24.6 Å². The summed E-state index contributed by atoms with van der Waals surface area (Å²) >= 11 is 0. The van der Waals surface area contributed by atoms with Crippen LogP contribution in [0.1, 0.15) is 30.5 Å². The zero-order valence-corrected chi connectivity index (χ0v) is 15.0. The molecule has 0 aliphatic carbocycles. The molecule has 0 saturated carbocycles. The van der Waals surface area contributed by atoms with Crippen LogP contribution in [0.4, 0.5) is 8.78 Å². The Labute approximate surface area is 155 Å². The summed E-state index contributed by atoms with van der Waals surface area (Å²) in [5, 5.41) is 7.30. The number of hydrogen-bond acceptors (Lipinski definition) is 6. The smallest absolute Gasteiger partial charge is 0.270 e. The molecule has 2 rings (SSSR count). The van der Waals surface area contributed by atoms with E-state index in [0.717, 1.165) is 18.1 Å². The Hall–Kier alpha value is -3.23. The van der Waals surface area contributed by atoms with E-state index >= 15 is 0 Å². The minimum atomic E-state index is -2.86. The van der Waals surface area contributed by atoms with E-state index in [1.54, 1.807) is 37.4 Å². The molecule has 0 aliphatic heterocycles. The van der Waals surface area contributed by atoms with Gasteiger partial charge in [0.2, 0.25) is 5.88 Å². The van der Waals surface area contributed by atoms with Crippen LogP contribution >= 0.6 is 0 Å². The van der Waals surface area contributed by atoms with Crippen molar-refractivity contribution in [1.29, 1.82) is 0 Å². The number of nitrogens with zero attached hydrogens (tertiary/aromatic N) is 3. The third-order valence-corrected chi connectivity index (χ3v) is 3.58. The summed E-state index contributed by atoms with van der Waals surface area (Å²) in [6.07, 6.45) is 1.57. The molecule has 0 aliphatic rings. The second-order valence-electron chi connectivity index (χ2n) is 5.83. The molecule has 27 heavy (non-hydrogen) atoms. The topological polar surface area (TPSA) is 108 Å². The van der Waals surface area contributed by atoms with Gasteiger partial charge < -0.3 is 21.2 Å². The highest BCUT2D eigenvalue weighted by molar-refractivity contribution is 5.98. The molecule has 2 aromatic rings. The molecule has 0 radical (unpaired) electrons. The van der Waals surface area contributed by atoms with Crippen molar-refractivity contribution >= 4 is 11.5 Å². The highest BCUT2D eigenvalue weighted by Crippen LogP contribution is 2.26. The first-order valence-electron chi connectivity index (χ1n) is 8.05. The highest BCUT2D eigenvalue weighted by atomic mass is 19.3. The Morgan fingerprint density at radius 2 is 1.89 bits per heavy atom. The monoisotopic (exact) mass is 377 g/mol. The standard InChI is InChI=1S/C18H21F2N5O2/c1-12(14-5-8-17(23-9-14)26-11-16(21)24-22)25-27-10-13-3-6-15(7-4-13)18(2,19)20/h3-9H,10-11,22H2,1-2H3,(H2,21,24)/b25-12+. The number of amidine groups is 1. The largest absolute Gasteiger partial charge is 0.469 e. The van der Waals surface area contributed by atoms with Crippen LogP contribution in [-0.4, -0.2) is 23.1 Å². The van der Waals surface area contributed by atoms with Gasteiger partial charge in [0.1, 0.15) is 13.2 Å². The molecule has 0 bridgehead atoms. The first-order valence-corrected chi connectivity index (χ1v) is 8.05. The minimum absolute atomic E-state index is 0.0428. The molecule has 1 aromatic carbocycles. The third kappa shape index (κ3) is 6.21. The molecule has 0 unspecified atom stereocenters. The fourth-order valence-electron chi connectivity index (χ4n) is 2.01. The van der Waals surface area contributed by atoms with Crippen LogP contribution < -0.4 is 16.3 Å². The second-order valence-corrected chi connectivity index (χ2v) is 5.83. The number of aromatic nitrogens is 1. The number of ether oxygens (including phenoxy) is 1. The fourth-order valence-corrected chi connectivity index (χ4v) is 2.01. The van der Waals surface area contributed by atoms with Gasteiger partial charge in [-0.05, 0) is 18.6 Å². The zero-order chi connectivity index (χ0) is 19.9. The van der Waals surface area contributed by atoms with Gasteiger partial charge in [-0.3, -0.25) is 0 Å². The fraction of sp³-hybridized carbons (Fsp3) is 0.278. The van der Waals surface area contributed by atoms with Gasteiger partial charge in [0, 0.05) is 30.3 Å². The number of oxime groups is 1. The van der Waals surface area contributed by atoms with Gasteiger partial charge in [0.15, 0.2) is 5.84 Å². The molecule has 1 aromatic heterocycles. The van der Waals surface area contributed by atoms with E-state index in [4.69, 9.17) is 21.2 Å². The quantitative estimate of drug-likeness (QED) is 0.318. The summed E-state index contributed by atoms with van der Waals surface area (Å²) in [7, 11) is 0. The summed E-state index contributed by atoms with van der Waals surface area (Å²) in [5.74, 6) is 2.68. The van der Waals surface area contributed by atoms with Crippen LogP contribution in [0.2, 0.25) is 0 Å². The van der Waals surface area contributed by atoms with Crippen molar-refractivity contribution in [3.63, 3.8) is 0 Å². The van der Waals surface area contributed by atoms with Crippen molar-refractivity contribution in [2.45, 2.75) is 26.4 Å². The van der Waals surface area contributed by atoms with E-state index in [2.05, 4.69) is 15.2 Å². The van der Waals surface area contributed by atoms with Crippen molar-refractivity contribution in [2.24, 2.45) is 21.8 Å². The van der Waals surface area contributed by atoms with Crippen LogP contribution in [0.5, 0.6) is 5.88 Å². The van der Waals surface area contributed by atoms with Crippen LogP contribution in [0.25, 0.3) is 0 Å². The number of benzene rings is 1. The predicted octanol–water partition coefficient (Wildman–Crippen LogP) is 2.74. The second kappa shape index (κ2) is 8.93. The van der Waals surface area contributed by atoms with Crippen LogP contribution in [-0.2, 0) is 17.4 Å². The number of nitrogens with two attached hydrogens (primary N) is 2. The summed E-state index contributed by atoms with van der Waals surface area (Å²) in [5.41, 5.74) is 7.47. The summed E-state index contributed by atoms with van der Waals surface area (Å²) in [6, 6.07) is 9.34. The number of rotatable bonds is 8. The average Bonchev–Trinajstić information content (AvgIpc) is 2.66. The lowest BCUT2D eigenvalue weighted by molar-refractivity contribution is 0.0174. The highest BCUT2D eigenvalue weighted by Gasteiger charge is 2.23. The number of hydrogen-bond donors (Lipinski definition) is 2. The van der Waals surface area contributed by atoms with E-state index in [0.29, 0.717) is 11.6 Å². The van der Waals surface area contributed by atoms with Crippen molar-refractivity contribution < 1.29 is 18.4 Å². The van der Waals surface area contributed by atoms with E-state index in [1.807, 2.05) is 0 Å². The summed E-state index contributed by atoms with van der Waals surface area (Å²) < 4.78 is 31.7. The lowest BCUT2D eigenvalue weighted by atomic mass is 10.1. The SMILES string of the molecule is C/C(=N\OCc1ccc(C(C)(F)F)cc1)c1ccc(OC/C(N)=N/N)nc1. The molecule has 0 atom stereocenters. The maximum Gasteiger partial charge on any atom is 0.270 e. The Morgan fingerprint density at radius 3 is 2.44 bits per heavy atom. The maximum atomic E-state index is 13.2. The first-order chi connectivity index (χ1) is 12.8. The van der Waals surface area contributed by atoms with E-state index in [1.165, 1.54) is 12.1 Å². The number of pyridine rings is 1. The van der Waals surface area contributed by atoms with E-state index < -0.39 is 5.92 Å². The van der Waals surface area contributed by atoms with Crippen LogP contribution in [0, 0.1) is 0 Å². The van der Waals surface area contributed by atoms with Crippen molar-refractivity contribution in [3.05, 3.63) is 59.3 Å². The molecule has 9 heteroatoms. The lowest BCUT2D eigenvalue weighted by Gasteiger charge is -2.10. The van der Waals surface area contributed by atoms with Crippen LogP contribution in [0.15, 0.2) is 52.9 Å². The summed E-state index contributed by atoms with van der Waals surface area (Å²) in [4.78, 5) is 9.40. The van der Waals surface area contributed by atoms with Gasteiger partial charge in [0.25, 0.3) is 5.92 Å². The Balaban J connectivity index is 1.89. The zero-order valence-electron chi connectivity index (χ0n) is 15.0. The van der Waals surface area contributed by atoms with Gasteiger partial charge in [-0.2, -0.15) is 5.10 Å². The summed E-state index contributed by atoms with van der Waals surface area (Å²) in [6.45, 7) is 2.83. The van der Waals surface area contributed by atoms with Gasteiger partial charge in [0.05, 0.1) is 5.71 Å². The molecule has 4 N–H and O–H groups in total. The van der Waals surface area contributed by atoms with Gasteiger partial charge in [-0.25, -0.2) is 13.8 Å². The Morgan fingerprint density at radius 1 is 1.19 bits per heavy atom. The van der Waals surface area contributed by atoms with Crippen molar-refractivity contribution in [3.8, 4) is 5.88 Å². The number of alkyl halides is 2. The molecule has 7 nitrogen and oxygen atoms in total. The molecule has 144 valence electrons. The Kier molecular flexibility index (Phi) is 6.64. The average molecular weight is 377 g/mol. The first kappa shape index (κ1) is 20.1. The normalized spacial score (nSPS) is 12.7. The molecule has 1 heterocycles.